The Morgan fingerprint density at radius 3 is 2.57 bits per heavy atom. The molecule has 0 saturated carbocycles. The highest BCUT2D eigenvalue weighted by Crippen LogP contribution is 2.55. The summed E-state index contributed by atoms with van der Waals surface area (Å²) in [6, 6.07) is 0. The number of fused-ring (bicyclic) bond motifs is 2. The van der Waals surface area contributed by atoms with Crippen molar-refractivity contribution in [2.24, 2.45) is 21.1 Å². The molecule has 1 saturated heterocycles. The molecule has 21 heavy (non-hydrogen) atoms. The zero-order valence-electron chi connectivity index (χ0n) is 12.1. The van der Waals surface area contributed by atoms with Crippen LogP contribution in [0.25, 0.3) is 0 Å². The molecule has 0 aromatic rings. The van der Waals surface area contributed by atoms with Crippen molar-refractivity contribution in [3.8, 4) is 0 Å². The van der Waals surface area contributed by atoms with Gasteiger partial charge in [0.05, 0.1) is 23.5 Å². The number of carbonyl (C=O) groups excluding carboxylic acids is 1. The number of dihydropyridines is 1. The molecule has 1 N–H and O–H groups in total. The minimum Gasteiger partial charge on any atom is -0.342 e. The molecule has 4 rings (SSSR count). The van der Waals surface area contributed by atoms with Gasteiger partial charge in [0.15, 0.2) is 21.4 Å². The van der Waals surface area contributed by atoms with E-state index in [0.717, 1.165) is 17.7 Å². The maximum atomic E-state index is 12.7. The van der Waals surface area contributed by atoms with Crippen LogP contribution in [0.3, 0.4) is 0 Å². The Labute approximate surface area is 123 Å². The molecular formula is C14H17N3O3S. The highest BCUT2D eigenvalue weighted by Gasteiger charge is 2.60. The Morgan fingerprint density at radius 2 is 1.90 bits per heavy atom. The average Bonchev–Trinajstić information content (AvgIpc) is 2.71. The monoisotopic (exact) mass is 307 g/mol. The highest BCUT2D eigenvalue weighted by molar-refractivity contribution is 7.92. The molecule has 0 radical (unpaired) electrons. The molecule has 0 aromatic carbocycles. The number of nitrogens with one attached hydrogen (secondary N) is 1. The quantitative estimate of drug-likeness (QED) is 0.731. The highest BCUT2D eigenvalue weighted by atomic mass is 32.2. The molecule has 4 aliphatic rings. The number of hydrogen-bond donors (Lipinski definition) is 1. The van der Waals surface area contributed by atoms with Crippen LogP contribution in [-0.2, 0) is 14.6 Å². The van der Waals surface area contributed by atoms with Crippen molar-refractivity contribution in [2.45, 2.75) is 26.7 Å². The van der Waals surface area contributed by atoms with Crippen LogP contribution in [0, 0.1) is 10.8 Å². The van der Waals surface area contributed by atoms with Gasteiger partial charge >= 0.3 is 0 Å². The van der Waals surface area contributed by atoms with Crippen molar-refractivity contribution in [3.63, 3.8) is 0 Å². The van der Waals surface area contributed by atoms with E-state index >= 15 is 0 Å². The molecule has 112 valence electrons. The van der Waals surface area contributed by atoms with Gasteiger partial charge in [-0.1, -0.05) is 13.8 Å². The number of sulfone groups is 1. The van der Waals surface area contributed by atoms with Gasteiger partial charge in [-0.25, -0.2) is 8.42 Å². The summed E-state index contributed by atoms with van der Waals surface area (Å²) in [6.45, 7) is 4.51. The van der Waals surface area contributed by atoms with Gasteiger partial charge in [0.2, 0.25) is 0 Å². The Hall–Kier alpha value is -1.50. The van der Waals surface area contributed by atoms with E-state index in [1.165, 1.54) is 0 Å². The van der Waals surface area contributed by atoms with Gasteiger partial charge in [-0.2, -0.15) is 5.11 Å². The molecular weight excluding hydrogens is 290 g/mol. The Balaban J connectivity index is 1.88. The molecule has 7 heteroatoms. The summed E-state index contributed by atoms with van der Waals surface area (Å²) in [7, 11) is -3.06. The summed E-state index contributed by atoms with van der Waals surface area (Å²) in [6.07, 6.45) is 1.20. The van der Waals surface area contributed by atoms with E-state index in [4.69, 9.17) is 0 Å². The molecule has 0 aromatic heterocycles. The van der Waals surface area contributed by atoms with Crippen molar-refractivity contribution in [1.82, 2.24) is 5.32 Å². The standard InChI is InChI=1S/C14H17N3O3S/c1-13(2)3-9-11(10(18)4-13)14(6-21(19,20)7-14)8-5-15-17-12(8)16-9/h16H,3-7H2,1-2H3. The van der Waals surface area contributed by atoms with E-state index in [1.807, 2.05) is 0 Å². The number of Topliss-reactive ketones (excluding diaryl/α,β-unsaturated/α-hetero) is 1. The van der Waals surface area contributed by atoms with Gasteiger partial charge in [-0.3, -0.25) is 4.79 Å². The van der Waals surface area contributed by atoms with Gasteiger partial charge in [0, 0.05) is 23.3 Å². The second-order valence-corrected chi connectivity index (χ2v) is 9.33. The minimum atomic E-state index is -3.06. The normalized spacial score (nSPS) is 30.9. The molecule has 3 heterocycles. The SMILES string of the molecule is CC1(C)CC(=O)C2=C(C1)NC1=C(CN=N1)C21CS(=O)(=O)C1. The number of hydrogen-bond acceptors (Lipinski definition) is 6. The third kappa shape index (κ3) is 1.70. The van der Waals surface area contributed by atoms with Gasteiger partial charge in [-0.15, -0.1) is 5.11 Å². The van der Waals surface area contributed by atoms with E-state index < -0.39 is 15.3 Å². The molecule has 6 nitrogen and oxygen atoms in total. The van der Waals surface area contributed by atoms with Crippen LogP contribution in [0.5, 0.6) is 0 Å². The van der Waals surface area contributed by atoms with Gasteiger partial charge < -0.3 is 5.32 Å². The first-order valence-corrected chi connectivity index (χ1v) is 8.90. The molecule has 0 atom stereocenters. The largest absolute Gasteiger partial charge is 0.342 e. The van der Waals surface area contributed by atoms with Crippen LogP contribution < -0.4 is 5.32 Å². The molecule has 0 amide bonds. The zero-order chi connectivity index (χ0) is 15.0. The van der Waals surface area contributed by atoms with E-state index in [0.29, 0.717) is 24.4 Å². The summed E-state index contributed by atoms with van der Waals surface area (Å²) < 4.78 is 23.6. The first-order valence-electron chi connectivity index (χ1n) is 7.08. The predicted molar refractivity (Wildman–Crippen MR) is 76.0 cm³/mol. The zero-order valence-corrected chi connectivity index (χ0v) is 12.9. The van der Waals surface area contributed by atoms with Crippen molar-refractivity contribution in [2.75, 3.05) is 18.1 Å². The lowest BCUT2D eigenvalue weighted by molar-refractivity contribution is -0.119. The molecule has 1 fully saturated rings. The third-order valence-electron chi connectivity index (χ3n) is 4.82. The van der Waals surface area contributed by atoms with Crippen molar-refractivity contribution < 1.29 is 13.2 Å². The van der Waals surface area contributed by atoms with Crippen LogP contribution >= 0.6 is 0 Å². The number of azo groups is 1. The second kappa shape index (κ2) is 3.63. The van der Waals surface area contributed by atoms with Gasteiger partial charge in [0.1, 0.15) is 0 Å². The van der Waals surface area contributed by atoms with Crippen LogP contribution in [0.1, 0.15) is 26.7 Å². The predicted octanol–water partition coefficient (Wildman–Crippen LogP) is 1.32. The topological polar surface area (TPSA) is 88.0 Å². The fourth-order valence-electron chi connectivity index (χ4n) is 4.09. The average molecular weight is 307 g/mol. The van der Waals surface area contributed by atoms with Crippen LogP contribution in [0.4, 0.5) is 0 Å². The molecule has 0 unspecified atom stereocenters. The number of nitrogens with zero attached hydrogens (tertiary/aromatic N) is 2. The van der Waals surface area contributed by atoms with Crippen molar-refractivity contribution in [3.05, 3.63) is 22.7 Å². The van der Waals surface area contributed by atoms with E-state index in [2.05, 4.69) is 29.4 Å². The van der Waals surface area contributed by atoms with E-state index in [-0.39, 0.29) is 22.7 Å². The molecule has 1 spiro atoms. The molecule has 0 bridgehead atoms. The van der Waals surface area contributed by atoms with Gasteiger partial charge in [0.25, 0.3) is 0 Å². The Morgan fingerprint density at radius 1 is 1.19 bits per heavy atom. The molecule has 3 aliphatic heterocycles. The first-order chi connectivity index (χ1) is 9.73. The number of ketones is 1. The first kappa shape index (κ1) is 13.2. The second-order valence-electron chi connectivity index (χ2n) is 7.26. The van der Waals surface area contributed by atoms with Gasteiger partial charge in [-0.05, 0) is 11.8 Å². The summed E-state index contributed by atoms with van der Waals surface area (Å²) in [5.74, 6) is 0.781. The summed E-state index contributed by atoms with van der Waals surface area (Å²) >= 11 is 0. The maximum absolute atomic E-state index is 12.7. The number of rotatable bonds is 0. The lowest BCUT2D eigenvalue weighted by atomic mass is 9.64. The Bertz CT molecular complexity index is 759. The minimum absolute atomic E-state index is 0.0244. The van der Waals surface area contributed by atoms with E-state index in [1.54, 1.807) is 0 Å². The summed E-state index contributed by atoms with van der Waals surface area (Å²) in [5, 5.41) is 11.4. The molecule has 1 aliphatic carbocycles. The number of allylic oxidation sites excluding steroid dienone is 2. The lowest BCUT2D eigenvalue weighted by Crippen LogP contribution is -2.57. The van der Waals surface area contributed by atoms with Crippen LogP contribution in [0.2, 0.25) is 0 Å². The van der Waals surface area contributed by atoms with Crippen molar-refractivity contribution >= 4 is 15.6 Å². The lowest BCUT2D eigenvalue weighted by Gasteiger charge is -2.49. The summed E-state index contributed by atoms with van der Waals surface area (Å²) in [4.78, 5) is 12.7. The number of carbonyl (C=O) groups is 1. The summed E-state index contributed by atoms with van der Waals surface area (Å²) in [5.41, 5.74) is 1.64. The van der Waals surface area contributed by atoms with Crippen LogP contribution in [0.15, 0.2) is 32.9 Å². The third-order valence-corrected chi connectivity index (χ3v) is 6.68. The van der Waals surface area contributed by atoms with Crippen molar-refractivity contribution in [1.29, 1.82) is 0 Å². The smallest absolute Gasteiger partial charge is 0.162 e. The fraction of sp³-hybridized carbons (Fsp3) is 0.643. The Kier molecular flexibility index (Phi) is 2.28. The fourth-order valence-corrected chi connectivity index (χ4v) is 6.15. The van der Waals surface area contributed by atoms with E-state index in [9.17, 15) is 13.2 Å². The van der Waals surface area contributed by atoms with Crippen LogP contribution in [-0.4, -0.2) is 32.3 Å². The maximum Gasteiger partial charge on any atom is 0.162 e.